The Balaban J connectivity index is 2.54. The monoisotopic (exact) mass is 152 g/mol. The maximum absolute atomic E-state index is 4.04. The van der Waals surface area contributed by atoms with Gasteiger partial charge in [-0.15, -0.1) is 0 Å². The van der Waals surface area contributed by atoms with Gasteiger partial charge in [0.05, 0.1) is 0 Å². The minimum atomic E-state index is 0.824. The molecule has 1 rings (SSSR count). The molecule has 11 heavy (non-hydrogen) atoms. The molecule has 0 heteroatoms. The molecule has 1 aliphatic carbocycles. The van der Waals surface area contributed by atoms with Gasteiger partial charge < -0.3 is 0 Å². The van der Waals surface area contributed by atoms with E-state index in [0.29, 0.717) is 0 Å². The third-order valence-electron chi connectivity index (χ3n) is 3.15. The van der Waals surface area contributed by atoms with Crippen molar-refractivity contribution in [1.82, 2.24) is 0 Å². The van der Waals surface area contributed by atoms with Gasteiger partial charge in [-0.05, 0) is 37.0 Å². The highest BCUT2D eigenvalue weighted by Crippen LogP contribution is 2.47. The summed E-state index contributed by atoms with van der Waals surface area (Å²) in [5, 5.41) is 0. The van der Waals surface area contributed by atoms with Gasteiger partial charge in [0, 0.05) is 0 Å². The fourth-order valence-corrected chi connectivity index (χ4v) is 2.57. The Labute approximate surface area is 70.7 Å². The summed E-state index contributed by atoms with van der Waals surface area (Å²) in [7, 11) is 0. The van der Waals surface area contributed by atoms with Crippen LogP contribution in [0.2, 0.25) is 0 Å². The number of hydrogen-bond acceptors (Lipinski definition) is 0. The van der Waals surface area contributed by atoms with E-state index < -0.39 is 0 Å². The first-order valence-electron chi connectivity index (χ1n) is 4.69. The molecule has 0 N–H and O–H groups in total. The Morgan fingerprint density at radius 2 is 2.00 bits per heavy atom. The van der Waals surface area contributed by atoms with Crippen LogP contribution >= 0.6 is 0 Å². The average Bonchev–Trinajstić information content (AvgIpc) is 1.80. The molecule has 1 aliphatic rings. The average molecular weight is 152 g/mol. The molecule has 0 bridgehead atoms. The molecule has 3 atom stereocenters. The second-order valence-corrected chi connectivity index (χ2v) is 4.49. The zero-order valence-electron chi connectivity index (χ0n) is 8.22. The van der Waals surface area contributed by atoms with Crippen molar-refractivity contribution in [1.29, 1.82) is 0 Å². The topological polar surface area (TPSA) is 0 Å². The van der Waals surface area contributed by atoms with Gasteiger partial charge in [-0.2, -0.15) is 0 Å². The quantitative estimate of drug-likeness (QED) is 0.531. The third-order valence-corrected chi connectivity index (χ3v) is 3.15. The van der Waals surface area contributed by atoms with Crippen molar-refractivity contribution in [2.45, 2.75) is 34.1 Å². The van der Waals surface area contributed by atoms with Crippen molar-refractivity contribution in [2.75, 3.05) is 0 Å². The van der Waals surface area contributed by atoms with E-state index in [0.717, 1.165) is 23.7 Å². The van der Waals surface area contributed by atoms with E-state index in [4.69, 9.17) is 0 Å². The van der Waals surface area contributed by atoms with Crippen molar-refractivity contribution < 1.29 is 0 Å². The van der Waals surface area contributed by atoms with E-state index in [1.54, 1.807) is 0 Å². The second kappa shape index (κ2) is 3.00. The Hall–Kier alpha value is -0.260. The molecular weight excluding hydrogens is 132 g/mol. The molecule has 0 radical (unpaired) electrons. The van der Waals surface area contributed by atoms with Crippen LogP contribution < -0.4 is 0 Å². The minimum absolute atomic E-state index is 0.824. The first kappa shape index (κ1) is 8.83. The largest absolute Gasteiger partial charge is 0.0998 e. The second-order valence-electron chi connectivity index (χ2n) is 4.49. The first-order valence-corrected chi connectivity index (χ1v) is 4.69. The van der Waals surface area contributed by atoms with Crippen molar-refractivity contribution in [3.63, 3.8) is 0 Å². The predicted octanol–water partition coefficient (Wildman–Crippen LogP) is 3.49. The number of hydrogen-bond donors (Lipinski definition) is 0. The lowest BCUT2D eigenvalue weighted by Gasteiger charge is -2.46. The van der Waals surface area contributed by atoms with Crippen LogP contribution in [0.3, 0.4) is 0 Å². The van der Waals surface area contributed by atoms with Crippen LogP contribution in [0.15, 0.2) is 12.2 Å². The van der Waals surface area contributed by atoms with Gasteiger partial charge in [0.2, 0.25) is 0 Å². The summed E-state index contributed by atoms with van der Waals surface area (Å²) in [6.45, 7) is 13.2. The minimum Gasteiger partial charge on any atom is -0.0998 e. The van der Waals surface area contributed by atoms with Crippen LogP contribution in [0.1, 0.15) is 34.1 Å². The summed E-state index contributed by atoms with van der Waals surface area (Å²) in [6, 6.07) is 0. The molecule has 1 saturated carbocycles. The molecule has 3 unspecified atom stereocenters. The Morgan fingerprint density at radius 1 is 1.45 bits per heavy atom. The van der Waals surface area contributed by atoms with Gasteiger partial charge >= 0.3 is 0 Å². The normalized spacial score (nSPS) is 37.0. The lowest BCUT2D eigenvalue weighted by molar-refractivity contribution is 0.0694. The highest BCUT2D eigenvalue weighted by molar-refractivity contribution is 5.07. The van der Waals surface area contributed by atoms with Crippen LogP contribution in [-0.2, 0) is 0 Å². The van der Waals surface area contributed by atoms with Crippen molar-refractivity contribution in [3.05, 3.63) is 12.2 Å². The standard InChI is InChI=1S/C11H20/c1-7(2)10-6-9(5)11(10)8(3)4/h8-11H,1,6H2,2-5H3. The Kier molecular flexibility index (Phi) is 2.41. The van der Waals surface area contributed by atoms with Gasteiger partial charge in [-0.25, -0.2) is 0 Å². The van der Waals surface area contributed by atoms with Crippen molar-refractivity contribution >= 4 is 0 Å². The van der Waals surface area contributed by atoms with E-state index in [2.05, 4.69) is 34.3 Å². The van der Waals surface area contributed by atoms with Crippen molar-refractivity contribution in [2.24, 2.45) is 23.7 Å². The Bertz CT molecular complexity index is 151. The van der Waals surface area contributed by atoms with Gasteiger partial charge in [0.1, 0.15) is 0 Å². The van der Waals surface area contributed by atoms with Gasteiger partial charge in [0.15, 0.2) is 0 Å². The fourth-order valence-electron chi connectivity index (χ4n) is 2.57. The Morgan fingerprint density at radius 3 is 2.18 bits per heavy atom. The van der Waals surface area contributed by atoms with E-state index >= 15 is 0 Å². The summed E-state index contributed by atoms with van der Waals surface area (Å²) in [5.41, 5.74) is 1.39. The molecule has 0 aromatic heterocycles. The van der Waals surface area contributed by atoms with Gasteiger partial charge in [0.25, 0.3) is 0 Å². The van der Waals surface area contributed by atoms with E-state index in [1.165, 1.54) is 12.0 Å². The SMILES string of the molecule is C=C(C)C1CC(C)C1C(C)C. The van der Waals surface area contributed by atoms with E-state index in [-0.39, 0.29) is 0 Å². The molecular formula is C11H20. The zero-order valence-corrected chi connectivity index (χ0v) is 8.22. The summed E-state index contributed by atoms with van der Waals surface area (Å²) >= 11 is 0. The molecule has 0 saturated heterocycles. The van der Waals surface area contributed by atoms with Crippen LogP contribution in [-0.4, -0.2) is 0 Å². The van der Waals surface area contributed by atoms with Gasteiger partial charge in [-0.3, -0.25) is 0 Å². The molecule has 0 heterocycles. The zero-order chi connectivity index (χ0) is 8.59. The number of rotatable bonds is 2. The lowest BCUT2D eigenvalue weighted by Crippen LogP contribution is -2.38. The summed E-state index contributed by atoms with van der Waals surface area (Å²) in [6.07, 6.45) is 1.37. The molecule has 64 valence electrons. The molecule has 0 amide bonds. The maximum atomic E-state index is 4.04. The maximum Gasteiger partial charge on any atom is -0.0173 e. The molecule has 0 aromatic rings. The molecule has 1 fully saturated rings. The lowest BCUT2D eigenvalue weighted by atomic mass is 9.59. The van der Waals surface area contributed by atoms with Gasteiger partial charge in [-0.1, -0.05) is 32.9 Å². The summed E-state index contributed by atoms with van der Waals surface area (Å²) < 4.78 is 0. The third kappa shape index (κ3) is 1.50. The summed E-state index contributed by atoms with van der Waals surface area (Å²) in [5.74, 6) is 3.50. The van der Waals surface area contributed by atoms with Crippen LogP contribution in [0.25, 0.3) is 0 Å². The predicted molar refractivity (Wildman–Crippen MR) is 50.4 cm³/mol. The first-order chi connectivity index (χ1) is 5.04. The molecule has 0 aliphatic heterocycles. The van der Waals surface area contributed by atoms with E-state index in [9.17, 15) is 0 Å². The summed E-state index contributed by atoms with van der Waals surface area (Å²) in [4.78, 5) is 0. The highest BCUT2D eigenvalue weighted by atomic mass is 14.4. The fraction of sp³-hybridized carbons (Fsp3) is 0.818. The number of allylic oxidation sites excluding steroid dienone is 1. The van der Waals surface area contributed by atoms with Crippen LogP contribution in [0, 0.1) is 23.7 Å². The molecule has 0 aromatic carbocycles. The highest BCUT2D eigenvalue weighted by Gasteiger charge is 2.39. The molecule has 0 nitrogen and oxygen atoms in total. The smallest absolute Gasteiger partial charge is 0.0173 e. The molecule has 0 spiro atoms. The van der Waals surface area contributed by atoms with E-state index in [1.807, 2.05) is 0 Å². The van der Waals surface area contributed by atoms with Crippen LogP contribution in [0.4, 0.5) is 0 Å². The van der Waals surface area contributed by atoms with Crippen LogP contribution in [0.5, 0.6) is 0 Å². The van der Waals surface area contributed by atoms with Crippen molar-refractivity contribution in [3.8, 4) is 0 Å².